The third-order valence-electron chi connectivity index (χ3n) is 1.54. The van der Waals surface area contributed by atoms with Gasteiger partial charge in [0.1, 0.15) is 0 Å². The summed E-state index contributed by atoms with van der Waals surface area (Å²) >= 11 is 0. The van der Waals surface area contributed by atoms with E-state index in [9.17, 15) is 4.79 Å². The number of nitrogens with one attached hydrogen (secondary N) is 1. The highest BCUT2D eigenvalue weighted by Gasteiger charge is 2.02. The van der Waals surface area contributed by atoms with Gasteiger partial charge in [0.2, 0.25) is 5.91 Å². The number of amides is 1. The molecular weight excluding hydrogens is 142 g/mol. The Labute approximate surface area is 64.8 Å². The number of aromatic nitrogens is 2. The van der Waals surface area contributed by atoms with E-state index in [0.717, 1.165) is 11.3 Å². The Bertz CT molecular complexity index is 254. The van der Waals surface area contributed by atoms with Gasteiger partial charge < -0.3 is 5.73 Å². The van der Waals surface area contributed by atoms with Crippen molar-refractivity contribution >= 4 is 5.91 Å². The molecule has 0 fully saturated rings. The quantitative estimate of drug-likeness (QED) is 0.648. The molecule has 4 heteroatoms. The summed E-state index contributed by atoms with van der Waals surface area (Å²) < 4.78 is 0. The van der Waals surface area contributed by atoms with Crippen molar-refractivity contribution in [3.05, 3.63) is 17.5 Å². The van der Waals surface area contributed by atoms with E-state index < -0.39 is 0 Å². The van der Waals surface area contributed by atoms with Gasteiger partial charge in [-0.25, -0.2) is 0 Å². The molecule has 0 aliphatic carbocycles. The molecule has 0 saturated heterocycles. The zero-order valence-corrected chi connectivity index (χ0v) is 6.42. The molecule has 0 atom stereocenters. The molecular formula is C7H11N3O. The molecule has 60 valence electrons. The van der Waals surface area contributed by atoms with E-state index in [1.165, 1.54) is 0 Å². The largest absolute Gasteiger partial charge is 0.370 e. The van der Waals surface area contributed by atoms with Gasteiger partial charge in [-0.05, 0) is 12.5 Å². The van der Waals surface area contributed by atoms with Crippen LogP contribution < -0.4 is 5.73 Å². The minimum Gasteiger partial charge on any atom is -0.370 e. The summed E-state index contributed by atoms with van der Waals surface area (Å²) in [6.45, 7) is 1.94. The summed E-state index contributed by atoms with van der Waals surface area (Å²) in [5.41, 5.74) is 6.98. The van der Waals surface area contributed by atoms with Gasteiger partial charge >= 0.3 is 0 Å². The van der Waals surface area contributed by atoms with Crippen molar-refractivity contribution in [3.63, 3.8) is 0 Å². The molecule has 0 spiro atoms. The minimum absolute atomic E-state index is 0.285. The highest BCUT2D eigenvalue weighted by atomic mass is 16.1. The monoisotopic (exact) mass is 153 g/mol. The van der Waals surface area contributed by atoms with E-state index in [0.29, 0.717) is 12.8 Å². The summed E-state index contributed by atoms with van der Waals surface area (Å²) in [6.07, 6.45) is 2.80. The van der Waals surface area contributed by atoms with Gasteiger partial charge in [-0.3, -0.25) is 9.89 Å². The van der Waals surface area contributed by atoms with Crippen LogP contribution in [0.1, 0.15) is 17.7 Å². The Morgan fingerprint density at radius 3 is 3.00 bits per heavy atom. The highest BCUT2D eigenvalue weighted by molar-refractivity contribution is 5.73. The zero-order valence-electron chi connectivity index (χ0n) is 6.42. The number of aryl methyl sites for hydroxylation is 2. The summed E-state index contributed by atoms with van der Waals surface area (Å²) in [5, 5.41) is 6.67. The number of hydrogen-bond donors (Lipinski definition) is 2. The number of aromatic amines is 1. The van der Waals surface area contributed by atoms with E-state index in [1.54, 1.807) is 6.20 Å². The van der Waals surface area contributed by atoms with E-state index >= 15 is 0 Å². The first-order valence-corrected chi connectivity index (χ1v) is 3.47. The van der Waals surface area contributed by atoms with Gasteiger partial charge in [0.15, 0.2) is 0 Å². The van der Waals surface area contributed by atoms with Crippen molar-refractivity contribution in [1.82, 2.24) is 10.2 Å². The number of H-pyrrole nitrogens is 1. The van der Waals surface area contributed by atoms with Crippen LogP contribution in [0.2, 0.25) is 0 Å². The minimum atomic E-state index is -0.285. The molecule has 1 aromatic heterocycles. The fourth-order valence-corrected chi connectivity index (χ4v) is 0.873. The Morgan fingerprint density at radius 1 is 1.82 bits per heavy atom. The lowest BCUT2D eigenvalue weighted by Crippen LogP contribution is -2.11. The Balaban J connectivity index is 2.51. The number of nitrogens with zero attached hydrogens (tertiary/aromatic N) is 1. The molecule has 1 rings (SSSR count). The van der Waals surface area contributed by atoms with E-state index in [2.05, 4.69) is 10.2 Å². The lowest BCUT2D eigenvalue weighted by atomic mass is 10.2. The average molecular weight is 153 g/mol. The van der Waals surface area contributed by atoms with Gasteiger partial charge in [-0.1, -0.05) is 0 Å². The number of nitrogens with two attached hydrogens (primary N) is 1. The van der Waals surface area contributed by atoms with Crippen molar-refractivity contribution in [2.24, 2.45) is 5.73 Å². The maximum absolute atomic E-state index is 10.4. The van der Waals surface area contributed by atoms with Gasteiger partial charge in [0, 0.05) is 19.0 Å². The maximum Gasteiger partial charge on any atom is 0.217 e. The molecule has 1 aromatic rings. The topological polar surface area (TPSA) is 71.8 Å². The molecule has 0 radical (unpaired) electrons. The third-order valence-corrected chi connectivity index (χ3v) is 1.54. The fraction of sp³-hybridized carbons (Fsp3) is 0.429. The van der Waals surface area contributed by atoms with Gasteiger partial charge in [0.25, 0.3) is 0 Å². The summed E-state index contributed by atoms with van der Waals surface area (Å²) in [4.78, 5) is 10.4. The number of carbonyl (C=O) groups is 1. The SMILES string of the molecule is Cc1c[nH]nc1CCC(N)=O. The van der Waals surface area contributed by atoms with Crippen LogP contribution in [-0.2, 0) is 11.2 Å². The molecule has 4 nitrogen and oxygen atoms in total. The molecule has 1 amide bonds. The van der Waals surface area contributed by atoms with Gasteiger partial charge in [0.05, 0.1) is 5.69 Å². The predicted molar refractivity (Wildman–Crippen MR) is 40.8 cm³/mol. The molecule has 1 heterocycles. The number of primary amides is 1. The standard InChI is InChI=1S/C7H11N3O/c1-5-4-9-10-6(5)2-3-7(8)11/h4H,2-3H2,1H3,(H2,8,11)(H,9,10). The molecule has 0 unspecified atom stereocenters. The normalized spacial score (nSPS) is 9.91. The van der Waals surface area contributed by atoms with Crippen molar-refractivity contribution in [1.29, 1.82) is 0 Å². The van der Waals surface area contributed by atoms with Crippen LogP contribution in [0, 0.1) is 6.92 Å². The van der Waals surface area contributed by atoms with E-state index in [-0.39, 0.29) is 5.91 Å². The summed E-state index contributed by atoms with van der Waals surface area (Å²) in [7, 11) is 0. The average Bonchev–Trinajstić information content (AvgIpc) is 2.31. The second-order valence-electron chi connectivity index (χ2n) is 2.48. The first-order chi connectivity index (χ1) is 5.20. The van der Waals surface area contributed by atoms with Crippen LogP contribution in [-0.4, -0.2) is 16.1 Å². The maximum atomic E-state index is 10.4. The summed E-state index contributed by atoms with van der Waals surface area (Å²) in [6, 6.07) is 0. The molecule has 0 saturated carbocycles. The molecule has 3 N–H and O–H groups in total. The first-order valence-electron chi connectivity index (χ1n) is 3.47. The second kappa shape index (κ2) is 3.18. The highest BCUT2D eigenvalue weighted by Crippen LogP contribution is 2.04. The zero-order chi connectivity index (χ0) is 8.27. The lowest BCUT2D eigenvalue weighted by Gasteiger charge is -1.93. The number of carbonyl (C=O) groups excluding carboxylic acids is 1. The predicted octanol–water partition coefficient (Wildman–Crippen LogP) is 0.136. The number of rotatable bonds is 3. The smallest absolute Gasteiger partial charge is 0.217 e. The Hall–Kier alpha value is -1.32. The van der Waals surface area contributed by atoms with Crippen LogP contribution in [0.4, 0.5) is 0 Å². The Morgan fingerprint density at radius 2 is 2.55 bits per heavy atom. The van der Waals surface area contributed by atoms with Crippen LogP contribution in [0.25, 0.3) is 0 Å². The second-order valence-corrected chi connectivity index (χ2v) is 2.48. The van der Waals surface area contributed by atoms with Crippen molar-refractivity contribution in [3.8, 4) is 0 Å². The Kier molecular flexibility index (Phi) is 2.25. The van der Waals surface area contributed by atoms with E-state index in [1.807, 2.05) is 6.92 Å². The molecule has 0 aliphatic heterocycles. The van der Waals surface area contributed by atoms with Crippen molar-refractivity contribution in [2.45, 2.75) is 19.8 Å². The van der Waals surface area contributed by atoms with Crippen LogP contribution in [0.5, 0.6) is 0 Å². The van der Waals surface area contributed by atoms with Crippen LogP contribution >= 0.6 is 0 Å². The molecule has 11 heavy (non-hydrogen) atoms. The van der Waals surface area contributed by atoms with Gasteiger partial charge in [-0.15, -0.1) is 0 Å². The first kappa shape index (κ1) is 7.78. The van der Waals surface area contributed by atoms with Gasteiger partial charge in [-0.2, -0.15) is 5.10 Å². The van der Waals surface area contributed by atoms with E-state index in [4.69, 9.17) is 5.73 Å². The molecule has 0 aromatic carbocycles. The fourth-order valence-electron chi connectivity index (χ4n) is 0.873. The third kappa shape index (κ3) is 2.07. The summed E-state index contributed by atoms with van der Waals surface area (Å²) in [5.74, 6) is -0.285. The lowest BCUT2D eigenvalue weighted by molar-refractivity contribution is -0.118. The number of hydrogen-bond acceptors (Lipinski definition) is 2. The molecule has 0 bridgehead atoms. The van der Waals surface area contributed by atoms with Crippen molar-refractivity contribution in [2.75, 3.05) is 0 Å². The van der Waals surface area contributed by atoms with Crippen molar-refractivity contribution < 1.29 is 4.79 Å². The van der Waals surface area contributed by atoms with Crippen LogP contribution in [0.3, 0.4) is 0 Å². The molecule has 0 aliphatic rings. The van der Waals surface area contributed by atoms with Crippen LogP contribution in [0.15, 0.2) is 6.20 Å².